The molecule has 0 amide bonds. The van der Waals surface area contributed by atoms with Crippen LogP contribution in [0.3, 0.4) is 0 Å². The summed E-state index contributed by atoms with van der Waals surface area (Å²) in [5, 5.41) is 0. The molecular weight excluding hydrogens is 176 g/mol. The van der Waals surface area contributed by atoms with Crippen LogP contribution >= 0.6 is 0 Å². The van der Waals surface area contributed by atoms with Crippen LogP contribution in [0.1, 0.15) is 11.6 Å². The zero-order valence-corrected chi connectivity index (χ0v) is 7.26. The Morgan fingerprint density at radius 2 is 2.23 bits per heavy atom. The van der Waals surface area contributed by atoms with Crippen molar-refractivity contribution >= 4 is 0 Å². The molecule has 2 nitrogen and oxygen atoms in total. The van der Waals surface area contributed by atoms with Crippen molar-refractivity contribution < 1.29 is 13.5 Å². The van der Waals surface area contributed by atoms with Crippen LogP contribution in [0.2, 0.25) is 0 Å². The minimum atomic E-state index is -0.713. The molecule has 2 N–H and O–H groups in total. The highest BCUT2D eigenvalue weighted by Gasteiger charge is 2.09. The molecule has 1 aromatic carbocycles. The van der Waals surface area contributed by atoms with Crippen molar-refractivity contribution in [2.45, 2.75) is 6.04 Å². The molecular formula is C9H11F2NO. The molecule has 0 aromatic heterocycles. The van der Waals surface area contributed by atoms with Crippen LogP contribution in [0.4, 0.5) is 8.78 Å². The average molecular weight is 187 g/mol. The van der Waals surface area contributed by atoms with Crippen molar-refractivity contribution in [3.8, 4) is 5.75 Å². The van der Waals surface area contributed by atoms with Crippen molar-refractivity contribution in [2.24, 2.45) is 5.73 Å². The molecule has 1 aromatic rings. The Bertz CT molecular complexity index is 291. The predicted octanol–water partition coefficient (Wildman–Crippen LogP) is 1.80. The first-order chi connectivity index (χ1) is 6.19. The number of ether oxygens (including phenoxy) is 1. The third-order valence-corrected chi connectivity index (χ3v) is 1.77. The van der Waals surface area contributed by atoms with Crippen LogP contribution in [0, 0.1) is 5.82 Å². The van der Waals surface area contributed by atoms with Gasteiger partial charge in [0.2, 0.25) is 0 Å². The van der Waals surface area contributed by atoms with E-state index in [1.165, 1.54) is 25.3 Å². The van der Waals surface area contributed by atoms with E-state index in [0.717, 1.165) is 0 Å². The third kappa shape index (κ3) is 2.15. The highest BCUT2D eigenvalue weighted by molar-refractivity contribution is 5.31. The van der Waals surface area contributed by atoms with Gasteiger partial charge in [-0.15, -0.1) is 0 Å². The van der Waals surface area contributed by atoms with Gasteiger partial charge in [-0.2, -0.15) is 0 Å². The Labute approximate surface area is 75.3 Å². The Hall–Kier alpha value is -1.16. The van der Waals surface area contributed by atoms with Crippen LogP contribution in [-0.4, -0.2) is 13.8 Å². The second-order valence-electron chi connectivity index (χ2n) is 2.65. The van der Waals surface area contributed by atoms with Crippen LogP contribution in [0.15, 0.2) is 18.2 Å². The van der Waals surface area contributed by atoms with Crippen LogP contribution < -0.4 is 10.5 Å². The van der Waals surface area contributed by atoms with Crippen molar-refractivity contribution in [2.75, 3.05) is 13.8 Å². The van der Waals surface area contributed by atoms with E-state index in [1.807, 2.05) is 0 Å². The van der Waals surface area contributed by atoms with Crippen molar-refractivity contribution in [3.63, 3.8) is 0 Å². The lowest BCUT2D eigenvalue weighted by Gasteiger charge is -2.09. The maximum atomic E-state index is 12.9. The lowest BCUT2D eigenvalue weighted by molar-refractivity contribution is 0.383. The monoisotopic (exact) mass is 187 g/mol. The topological polar surface area (TPSA) is 35.2 Å². The van der Waals surface area contributed by atoms with Gasteiger partial charge in [-0.1, -0.05) is 6.07 Å². The standard InChI is InChI=1S/C9H11F2NO/c1-13-9-4-6(8(12)5-10)2-3-7(9)11/h2-4,8H,5,12H2,1H3. The van der Waals surface area contributed by atoms with Crippen molar-refractivity contribution in [1.82, 2.24) is 0 Å². The van der Waals surface area contributed by atoms with Gasteiger partial charge >= 0.3 is 0 Å². The number of hydrogen-bond donors (Lipinski definition) is 1. The first kappa shape index (κ1) is 9.92. The van der Waals surface area contributed by atoms with E-state index in [-0.39, 0.29) is 5.75 Å². The molecule has 0 aliphatic carbocycles. The lowest BCUT2D eigenvalue weighted by atomic mass is 10.1. The van der Waals surface area contributed by atoms with E-state index in [9.17, 15) is 8.78 Å². The Morgan fingerprint density at radius 3 is 2.77 bits per heavy atom. The molecule has 13 heavy (non-hydrogen) atoms. The van der Waals surface area contributed by atoms with Gasteiger partial charge in [0.15, 0.2) is 11.6 Å². The van der Waals surface area contributed by atoms with E-state index in [2.05, 4.69) is 0 Å². The highest BCUT2D eigenvalue weighted by atomic mass is 19.1. The normalized spacial score (nSPS) is 12.6. The predicted molar refractivity (Wildman–Crippen MR) is 45.9 cm³/mol. The molecule has 0 aliphatic heterocycles. The maximum absolute atomic E-state index is 12.9. The second-order valence-corrected chi connectivity index (χ2v) is 2.65. The maximum Gasteiger partial charge on any atom is 0.165 e. The molecule has 0 bridgehead atoms. The second kappa shape index (κ2) is 4.18. The summed E-state index contributed by atoms with van der Waals surface area (Å²) in [4.78, 5) is 0. The minimum Gasteiger partial charge on any atom is -0.494 e. The summed E-state index contributed by atoms with van der Waals surface area (Å²) in [5.41, 5.74) is 5.94. The van der Waals surface area contributed by atoms with Gasteiger partial charge in [-0.05, 0) is 17.7 Å². The summed E-state index contributed by atoms with van der Waals surface area (Å²) >= 11 is 0. The molecule has 0 aliphatic rings. The summed E-state index contributed by atoms with van der Waals surface area (Å²) in [7, 11) is 1.35. The third-order valence-electron chi connectivity index (χ3n) is 1.77. The zero-order valence-electron chi connectivity index (χ0n) is 7.26. The first-order valence-corrected chi connectivity index (χ1v) is 3.84. The summed E-state index contributed by atoms with van der Waals surface area (Å²) in [6.07, 6.45) is 0. The summed E-state index contributed by atoms with van der Waals surface area (Å²) in [5.74, 6) is -0.390. The molecule has 1 rings (SSSR count). The molecule has 0 saturated heterocycles. The Kier molecular flexibility index (Phi) is 3.19. The van der Waals surface area contributed by atoms with Gasteiger partial charge in [-0.3, -0.25) is 0 Å². The molecule has 0 spiro atoms. The highest BCUT2D eigenvalue weighted by Crippen LogP contribution is 2.21. The molecule has 0 radical (unpaired) electrons. The van der Waals surface area contributed by atoms with Crippen LogP contribution in [0.5, 0.6) is 5.75 Å². The number of rotatable bonds is 3. The van der Waals surface area contributed by atoms with Gasteiger partial charge in [-0.25, -0.2) is 8.78 Å². The van der Waals surface area contributed by atoms with Crippen LogP contribution in [0.25, 0.3) is 0 Å². The van der Waals surface area contributed by atoms with E-state index in [4.69, 9.17) is 10.5 Å². The number of hydrogen-bond acceptors (Lipinski definition) is 2. The van der Waals surface area contributed by atoms with Gasteiger partial charge in [0, 0.05) is 0 Å². The Morgan fingerprint density at radius 1 is 1.54 bits per heavy atom. The number of benzene rings is 1. The smallest absolute Gasteiger partial charge is 0.165 e. The van der Waals surface area contributed by atoms with Gasteiger partial charge in [0.05, 0.1) is 13.2 Å². The summed E-state index contributed by atoms with van der Waals surface area (Å²) in [6, 6.07) is 3.35. The molecule has 0 heterocycles. The number of methoxy groups -OCH3 is 1. The zero-order chi connectivity index (χ0) is 9.84. The van der Waals surface area contributed by atoms with Gasteiger partial charge < -0.3 is 10.5 Å². The minimum absolute atomic E-state index is 0.0846. The SMILES string of the molecule is COc1cc(C(N)CF)ccc1F. The van der Waals surface area contributed by atoms with Crippen molar-refractivity contribution in [1.29, 1.82) is 0 Å². The van der Waals surface area contributed by atoms with Crippen molar-refractivity contribution in [3.05, 3.63) is 29.6 Å². The first-order valence-electron chi connectivity index (χ1n) is 3.84. The number of nitrogens with two attached hydrogens (primary N) is 1. The number of halogens is 2. The van der Waals surface area contributed by atoms with E-state index in [0.29, 0.717) is 5.56 Å². The fraction of sp³-hybridized carbons (Fsp3) is 0.333. The number of alkyl halides is 1. The average Bonchev–Trinajstić information content (AvgIpc) is 2.17. The fourth-order valence-corrected chi connectivity index (χ4v) is 0.996. The van der Waals surface area contributed by atoms with Crippen LogP contribution in [-0.2, 0) is 0 Å². The molecule has 1 unspecified atom stereocenters. The van der Waals surface area contributed by atoms with Gasteiger partial charge in [0.1, 0.15) is 6.67 Å². The molecule has 1 atom stereocenters. The van der Waals surface area contributed by atoms with E-state index in [1.54, 1.807) is 0 Å². The largest absolute Gasteiger partial charge is 0.494 e. The Balaban J connectivity index is 2.99. The molecule has 72 valence electrons. The summed E-state index contributed by atoms with van der Waals surface area (Å²) < 4.78 is 29.8. The summed E-state index contributed by atoms with van der Waals surface area (Å²) in [6.45, 7) is -0.672. The fourth-order valence-electron chi connectivity index (χ4n) is 0.996. The molecule has 0 saturated carbocycles. The molecule has 4 heteroatoms. The lowest BCUT2D eigenvalue weighted by Crippen LogP contribution is -2.12. The quantitative estimate of drug-likeness (QED) is 0.783. The van der Waals surface area contributed by atoms with E-state index >= 15 is 0 Å². The van der Waals surface area contributed by atoms with E-state index < -0.39 is 18.5 Å². The molecule has 0 fully saturated rings. The van der Waals surface area contributed by atoms with Gasteiger partial charge in [0.25, 0.3) is 0 Å².